The van der Waals surface area contributed by atoms with Crippen LogP contribution in [0.5, 0.6) is 0 Å². The molecule has 370 valence electrons. The van der Waals surface area contributed by atoms with Crippen LogP contribution >= 0.6 is 0 Å². The van der Waals surface area contributed by atoms with Crippen molar-refractivity contribution in [2.75, 3.05) is 41.0 Å². The Morgan fingerprint density at radius 1 is 0.484 bits per heavy atom. The highest BCUT2D eigenvalue weighted by molar-refractivity contribution is 5.70. The number of hydrogen-bond donors (Lipinski definition) is 0. The highest BCUT2D eigenvalue weighted by Crippen LogP contribution is 2.15. The predicted molar refractivity (Wildman–Crippen MR) is 268 cm³/mol. The average Bonchev–Trinajstić information content (AvgIpc) is 3.26. The third kappa shape index (κ3) is 44.2. The summed E-state index contributed by atoms with van der Waals surface area (Å²) in [6, 6.07) is -0.731. The molecule has 2 atom stereocenters. The quantitative estimate of drug-likeness (QED) is 0.0259. The molecule has 0 saturated carbocycles. The Labute approximate surface area is 394 Å². The molecule has 0 aliphatic carbocycles. The molecule has 8 heteroatoms. The first-order chi connectivity index (χ1) is 31.1. The van der Waals surface area contributed by atoms with Crippen molar-refractivity contribution < 1.29 is 38.2 Å². The minimum Gasteiger partial charge on any atom is -0.544 e. The Hall–Kier alpha value is -2.97. The second-order valence-electron chi connectivity index (χ2n) is 18.7. The number of carbonyl (C=O) groups excluding carboxylic acids is 3. The van der Waals surface area contributed by atoms with Gasteiger partial charge in [0, 0.05) is 19.3 Å². The predicted octanol–water partition coefficient (Wildman–Crippen LogP) is 14.0. The summed E-state index contributed by atoms with van der Waals surface area (Å²) in [5.74, 6) is -1.75. The van der Waals surface area contributed by atoms with Gasteiger partial charge in [0.2, 0.25) is 0 Å². The summed E-state index contributed by atoms with van der Waals surface area (Å²) >= 11 is 0. The zero-order chi connectivity index (χ0) is 47.0. The normalized spacial score (nSPS) is 13.3. The number of carbonyl (C=O) groups is 3. The first kappa shape index (κ1) is 61.0. The second-order valence-corrected chi connectivity index (χ2v) is 18.7. The van der Waals surface area contributed by atoms with E-state index < -0.39 is 18.1 Å². The van der Waals surface area contributed by atoms with Crippen LogP contribution in [0, 0.1) is 0 Å². The SMILES string of the molecule is CC/C=C\C/C=C\C/C=C\C/C=C\CCCCCCCCC(=O)OC(COCCC(C(=O)[O-])[N+](C)(C)C)COC(=O)CCCCCCCCCCC/C=C\CCCCCCCCCC. The van der Waals surface area contributed by atoms with Crippen molar-refractivity contribution in [2.24, 2.45) is 0 Å². The van der Waals surface area contributed by atoms with E-state index in [-0.39, 0.29) is 42.7 Å². The lowest BCUT2D eigenvalue weighted by Gasteiger charge is -2.34. The number of nitrogens with zero attached hydrogens (tertiary/aromatic N) is 1. The first-order valence-electron chi connectivity index (χ1n) is 26.3. The Morgan fingerprint density at radius 2 is 0.875 bits per heavy atom. The number of carboxylic acids is 1. The molecule has 0 fully saturated rings. The largest absolute Gasteiger partial charge is 0.544 e. The summed E-state index contributed by atoms with van der Waals surface area (Å²) in [6.45, 7) is 4.55. The summed E-state index contributed by atoms with van der Waals surface area (Å²) in [7, 11) is 5.41. The van der Waals surface area contributed by atoms with Crippen LogP contribution in [0.3, 0.4) is 0 Å². The van der Waals surface area contributed by atoms with E-state index in [9.17, 15) is 19.5 Å². The molecule has 0 N–H and O–H groups in total. The van der Waals surface area contributed by atoms with Crippen LogP contribution in [0.15, 0.2) is 60.8 Å². The standard InChI is InChI=1S/C56H99NO7/c1-6-8-10-12-14-16-18-20-22-24-26-27-29-30-32-34-36-38-40-42-44-46-54(58)63-51-52(50-62-49-48-53(56(60)61)57(3,4)5)64-55(59)47-45-43-41-39-37-35-33-31-28-25-23-21-19-17-15-13-11-9-7-2/h9,11,15,17,21,23-24,26,28,31,52-53H,6-8,10,12-14,16,18-20,22,25,27,29-30,32-51H2,1-5H3/b11-9-,17-15-,23-21-,26-24-,31-28-. The van der Waals surface area contributed by atoms with Gasteiger partial charge in [-0.2, -0.15) is 0 Å². The molecule has 0 rings (SSSR count). The van der Waals surface area contributed by atoms with Crippen LogP contribution < -0.4 is 5.11 Å². The molecular formula is C56H99NO7. The molecule has 64 heavy (non-hydrogen) atoms. The monoisotopic (exact) mass is 898 g/mol. The molecule has 0 aromatic rings. The van der Waals surface area contributed by atoms with Crippen molar-refractivity contribution >= 4 is 17.9 Å². The smallest absolute Gasteiger partial charge is 0.306 e. The van der Waals surface area contributed by atoms with Gasteiger partial charge in [-0.05, 0) is 77.0 Å². The summed E-state index contributed by atoms with van der Waals surface area (Å²) in [4.78, 5) is 37.1. The fourth-order valence-electron chi connectivity index (χ4n) is 7.59. The van der Waals surface area contributed by atoms with Gasteiger partial charge in [-0.25, -0.2) is 0 Å². The molecule has 0 aliphatic heterocycles. The van der Waals surface area contributed by atoms with Crippen molar-refractivity contribution in [2.45, 2.75) is 238 Å². The lowest BCUT2D eigenvalue weighted by molar-refractivity contribution is -0.889. The molecular weight excluding hydrogens is 799 g/mol. The van der Waals surface area contributed by atoms with E-state index in [1.54, 1.807) is 21.1 Å². The number of ether oxygens (including phenoxy) is 3. The molecule has 0 heterocycles. The number of quaternary nitrogens is 1. The van der Waals surface area contributed by atoms with E-state index in [1.165, 1.54) is 116 Å². The van der Waals surface area contributed by atoms with Crippen LogP contribution in [-0.2, 0) is 28.6 Å². The van der Waals surface area contributed by atoms with E-state index in [0.717, 1.165) is 77.0 Å². The van der Waals surface area contributed by atoms with Gasteiger partial charge < -0.3 is 28.6 Å². The summed E-state index contributed by atoms with van der Waals surface area (Å²) in [6.07, 6.45) is 58.2. The highest BCUT2D eigenvalue weighted by Gasteiger charge is 2.25. The van der Waals surface area contributed by atoms with Crippen molar-refractivity contribution in [3.8, 4) is 0 Å². The number of carboxylic acid groups (broad SMARTS) is 1. The molecule has 0 radical (unpaired) electrons. The number of esters is 2. The number of rotatable bonds is 47. The van der Waals surface area contributed by atoms with Gasteiger partial charge in [-0.15, -0.1) is 0 Å². The fraction of sp³-hybridized carbons (Fsp3) is 0.768. The van der Waals surface area contributed by atoms with Crippen LogP contribution in [0.25, 0.3) is 0 Å². The summed E-state index contributed by atoms with van der Waals surface area (Å²) in [5.41, 5.74) is 0. The highest BCUT2D eigenvalue weighted by atomic mass is 16.6. The van der Waals surface area contributed by atoms with Crippen LogP contribution in [0.4, 0.5) is 0 Å². The Balaban J connectivity index is 4.25. The lowest BCUT2D eigenvalue weighted by Crippen LogP contribution is -2.55. The molecule has 2 unspecified atom stereocenters. The molecule has 0 saturated heterocycles. The lowest BCUT2D eigenvalue weighted by atomic mass is 10.1. The van der Waals surface area contributed by atoms with E-state index in [1.807, 2.05) is 0 Å². The minimum atomic E-state index is -1.13. The van der Waals surface area contributed by atoms with E-state index in [0.29, 0.717) is 12.8 Å². The number of aliphatic carboxylic acids is 1. The number of likely N-dealkylation sites (N-methyl/N-ethyl adjacent to an activating group) is 1. The van der Waals surface area contributed by atoms with E-state index in [2.05, 4.69) is 74.6 Å². The number of hydrogen-bond acceptors (Lipinski definition) is 7. The van der Waals surface area contributed by atoms with Crippen molar-refractivity contribution in [1.29, 1.82) is 0 Å². The molecule has 0 amide bonds. The van der Waals surface area contributed by atoms with E-state index >= 15 is 0 Å². The van der Waals surface area contributed by atoms with Gasteiger partial charge >= 0.3 is 11.9 Å². The summed E-state index contributed by atoms with van der Waals surface area (Å²) < 4.78 is 17.2. The van der Waals surface area contributed by atoms with Crippen LogP contribution in [0.1, 0.15) is 226 Å². The average molecular weight is 898 g/mol. The van der Waals surface area contributed by atoms with Gasteiger partial charge in [-0.3, -0.25) is 9.59 Å². The van der Waals surface area contributed by atoms with Gasteiger partial charge in [0.15, 0.2) is 6.10 Å². The minimum absolute atomic E-state index is 0.0330. The van der Waals surface area contributed by atoms with Crippen molar-refractivity contribution in [1.82, 2.24) is 0 Å². The molecule has 0 aromatic carbocycles. The maximum absolute atomic E-state index is 12.8. The Kier molecular flexibility index (Phi) is 44.4. The zero-order valence-corrected chi connectivity index (χ0v) is 42.2. The van der Waals surface area contributed by atoms with Crippen molar-refractivity contribution in [3.05, 3.63) is 60.8 Å². The molecule has 0 spiro atoms. The second kappa shape index (κ2) is 46.6. The van der Waals surface area contributed by atoms with Gasteiger partial charge in [0.25, 0.3) is 0 Å². The van der Waals surface area contributed by atoms with Gasteiger partial charge in [0.1, 0.15) is 12.6 Å². The number of allylic oxidation sites excluding steroid dienone is 10. The number of unbranched alkanes of at least 4 members (excludes halogenated alkanes) is 23. The topological polar surface area (TPSA) is 102 Å². The van der Waals surface area contributed by atoms with Gasteiger partial charge in [0.05, 0.1) is 40.3 Å². The Morgan fingerprint density at radius 3 is 1.31 bits per heavy atom. The summed E-state index contributed by atoms with van der Waals surface area (Å²) in [5, 5.41) is 11.7. The molecule has 0 aliphatic rings. The van der Waals surface area contributed by atoms with Crippen LogP contribution in [-0.4, -0.2) is 75.5 Å². The maximum atomic E-state index is 12.8. The Bertz CT molecular complexity index is 1230. The maximum Gasteiger partial charge on any atom is 0.306 e. The third-order valence-electron chi connectivity index (χ3n) is 11.6. The molecule has 0 bridgehead atoms. The fourth-order valence-corrected chi connectivity index (χ4v) is 7.59. The first-order valence-corrected chi connectivity index (χ1v) is 26.3. The van der Waals surface area contributed by atoms with Gasteiger partial charge in [-0.1, -0.05) is 190 Å². The van der Waals surface area contributed by atoms with Crippen molar-refractivity contribution in [3.63, 3.8) is 0 Å². The van der Waals surface area contributed by atoms with Crippen LogP contribution in [0.2, 0.25) is 0 Å². The van der Waals surface area contributed by atoms with E-state index in [4.69, 9.17) is 14.2 Å². The third-order valence-corrected chi connectivity index (χ3v) is 11.6. The zero-order valence-electron chi connectivity index (χ0n) is 42.2. The molecule has 8 nitrogen and oxygen atoms in total. The molecule has 0 aromatic heterocycles.